The van der Waals surface area contributed by atoms with Gasteiger partial charge in [0.1, 0.15) is 11.2 Å². The molecule has 0 aliphatic rings. The van der Waals surface area contributed by atoms with E-state index in [4.69, 9.17) is 14.4 Å². The summed E-state index contributed by atoms with van der Waals surface area (Å²) in [7, 11) is -1.36. The van der Waals surface area contributed by atoms with Crippen LogP contribution in [0.2, 0.25) is 19.6 Å². The van der Waals surface area contributed by atoms with E-state index in [2.05, 4.69) is 171 Å². The fourth-order valence-electron chi connectivity index (χ4n) is 6.99. The fraction of sp³-hybridized carbons (Fsp3) is 0.292. The number of pyridine rings is 2. The van der Waals surface area contributed by atoms with E-state index >= 15 is 0 Å². The Bertz CT molecular complexity index is 2310. The van der Waals surface area contributed by atoms with Gasteiger partial charge in [0.15, 0.2) is 0 Å². The van der Waals surface area contributed by atoms with Gasteiger partial charge in [0.05, 0.1) is 19.5 Å². The summed E-state index contributed by atoms with van der Waals surface area (Å²) in [5.41, 5.74) is 13.3. The van der Waals surface area contributed by atoms with E-state index in [1.54, 1.807) is 0 Å². The Labute approximate surface area is 331 Å². The second kappa shape index (κ2) is 16.1. The van der Waals surface area contributed by atoms with Gasteiger partial charge in [-0.2, -0.15) is 0 Å². The molecule has 1 radical (unpaired) electrons. The largest absolute Gasteiger partial charge is 0.456 e. The molecule has 0 aliphatic carbocycles. The molecule has 53 heavy (non-hydrogen) atoms. The fourth-order valence-corrected chi connectivity index (χ4v) is 8.56. The normalized spacial score (nSPS) is 12.0. The zero-order chi connectivity index (χ0) is 37.3. The standard InChI is InChI=1S/C29H27NO.C19H27NSi.Ir/c1-19-18-30-25(16-22(19)17-29(2,3)4)21-13-14-26-24(15-21)28-23(11-8-12-27(28)31-26)20-9-6-5-7-10-20;1-19(2,3)13-16-12-17(15-10-8-7-9-11-15)20-14-18(16)21(4,5)6;/h5-16,18H,17H2,1-4H3;7-12,14H,13H2,1-6H3;. The van der Waals surface area contributed by atoms with Crippen molar-refractivity contribution in [2.75, 3.05) is 0 Å². The molecule has 3 aromatic heterocycles. The molecule has 0 saturated carbocycles. The van der Waals surface area contributed by atoms with Crippen molar-refractivity contribution in [2.45, 2.75) is 80.9 Å². The van der Waals surface area contributed by atoms with Crippen LogP contribution in [0.15, 0.2) is 126 Å². The number of nitrogens with zero attached hydrogens (tertiary/aromatic N) is 2. The number of aromatic nitrogens is 2. The molecule has 0 unspecified atom stereocenters. The second-order valence-electron chi connectivity index (χ2n) is 17.7. The predicted octanol–water partition coefficient (Wildman–Crippen LogP) is 13.1. The zero-order valence-corrected chi connectivity index (χ0v) is 36.5. The molecule has 0 fully saturated rings. The van der Waals surface area contributed by atoms with Crippen LogP contribution >= 0.6 is 0 Å². The summed E-state index contributed by atoms with van der Waals surface area (Å²) in [5, 5.41) is 3.79. The minimum atomic E-state index is -1.36. The summed E-state index contributed by atoms with van der Waals surface area (Å²) in [6.07, 6.45) is 6.28. The van der Waals surface area contributed by atoms with Crippen LogP contribution in [-0.2, 0) is 32.9 Å². The SMILES string of the molecule is CC(C)(C)Cc1cc(-c2ccccc2)ncc1[Si](C)(C)C.Cc1cnc(-c2ccc3oc4cccc(-c5ccccc5)c4c3c2)cc1CC(C)(C)C.[Ir]. The van der Waals surface area contributed by atoms with Crippen molar-refractivity contribution in [2.24, 2.45) is 10.8 Å². The van der Waals surface area contributed by atoms with Gasteiger partial charge in [-0.25, -0.2) is 0 Å². The maximum atomic E-state index is 6.19. The molecule has 0 atom stereocenters. The summed E-state index contributed by atoms with van der Waals surface area (Å²) in [6, 6.07) is 38.3. The van der Waals surface area contributed by atoms with Crippen LogP contribution in [-0.4, -0.2) is 18.0 Å². The van der Waals surface area contributed by atoms with Crippen molar-refractivity contribution < 1.29 is 24.5 Å². The third-order valence-corrected chi connectivity index (χ3v) is 11.5. The zero-order valence-electron chi connectivity index (χ0n) is 33.1. The van der Waals surface area contributed by atoms with E-state index in [0.29, 0.717) is 5.41 Å². The Morgan fingerprint density at radius 1 is 0.566 bits per heavy atom. The van der Waals surface area contributed by atoms with E-state index < -0.39 is 8.07 Å². The first-order chi connectivity index (χ1) is 24.6. The van der Waals surface area contributed by atoms with Crippen molar-refractivity contribution in [3.8, 4) is 33.6 Å². The predicted molar refractivity (Wildman–Crippen MR) is 226 cm³/mol. The van der Waals surface area contributed by atoms with Gasteiger partial charge in [0.25, 0.3) is 0 Å². The Hall–Kier alpha value is -4.15. The van der Waals surface area contributed by atoms with Gasteiger partial charge in [0.2, 0.25) is 0 Å². The van der Waals surface area contributed by atoms with Crippen molar-refractivity contribution in [1.29, 1.82) is 0 Å². The smallest absolute Gasteiger partial charge is 0.136 e. The Balaban J connectivity index is 0.000000216. The molecule has 7 rings (SSSR count). The van der Waals surface area contributed by atoms with Crippen molar-refractivity contribution in [1.82, 2.24) is 9.97 Å². The van der Waals surface area contributed by atoms with E-state index in [-0.39, 0.29) is 25.5 Å². The van der Waals surface area contributed by atoms with Crippen LogP contribution in [0.5, 0.6) is 0 Å². The first-order valence-electron chi connectivity index (χ1n) is 18.6. The summed E-state index contributed by atoms with van der Waals surface area (Å²) in [4.78, 5) is 9.50. The average molecular weight is 895 g/mol. The Morgan fingerprint density at radius 2 is 1.13 bits per heavy atom. The molecule has 4 aromatic carbocycles. The molecular formula is C48H54IrN2OSi. The number of hydrogen-bond acceptors (Lipinski definition) is 3. The van der Waals surface area contributed by atoms with Gasteiger partial charge in [0, 0.05) is 54.4 Å². The van der Waals surface area contributed by atoms with Crippen molar-refractivity contribution in [3.63, 3.8) is 0 Å². The van der Waals surface area contributed by atoms with Crippen molar-refractivity contribution in [3.05, 3.63) is 138 Å². The van der Waals surface area contributed by atoms with Crippen molar-refractivity contribution >= 4 is 35.2 Å². The molecule has 0 bridgehead atoms. The topological polar surface area (TPSA) is 38.9 Å². The summed E-state index contributed by atoms with van der Waals surface area (Å²) < 4.78 is 6.19. The van der Waals surface area contributed by atoms with Crippen LogP contribution in [0, 0.1) is 17.8 Å². The molecular weight excluding hydrogens is 841 g/mol. The number of hydrogen-bond donors (Lipinski definition) is 0. The number of fused-ring (bicyclic) bond motifs is 3. The minimum Gasteiger partial charge on any atom is -0.456 e. The number of aryl methyl sites for hydroxylation is 1. The summed E-state index contributed by atoms with van der Waals surface area (Å²) >= 11 is 0. The maximum absolute atomic E-state index is 6.19. The first-order valence-corrected chi connectivity index (χ1v) is 22.1. The van der Waals surface area contributed by atoms with Crippen LogP contribution in [0.4, 0.5) is 0 Å². The number of furan rings is 1. The van der Waals surface area contributed by atoms with E-state index in [1.165, 1.54) is 38.6 Å². The number of rotatable bonds is 6. The van der Waals surface area contributed by atoms with Gasteiger partial charge < -0.3 is 4.42 Å². The van der Waals surface area contributed by atoms with E-state index in [0.717, 1.165) is 51.7 Å². The van der Waals surface area contributed by atoms with Gasteiger partial charge in [-0.3, -0.25) is 9.97 Å². The van der Waals surface area contributed by atoms with Crippen LogP contribution < -0.4 is 5.19 Å². The van der Waals surface area contributed by atoms with E-state index in [1.807, 2.05) is 18.3 Å². The third kappa shape index (κ3) is 9.89. The Morgan fingerprint density at radius 3 is 1.75 bits per heavy atom. The maximum Gasteiger partial charge on any atom is 0.136 e. The molecule has 5 heteroatoms. The third-order valence-electron chi connectivity index (χ3n) is 9.40. The summed E-state index contributed by atoms with van der Waals surface area (Å²) in [5.74, 6) is 0. The molecule has 3 heterocycles. The molecule has 3 nitrogen and oxygen atoms in total. The molecule has 7 aromatic rings. The quantitative estimate of drug-likeness (QED) is 0.156. The molecule has 0 N–H and O–H groups in total. The second-order valence-corrected chi connectivity index (χ2v) is 22.7. The molecule has 0 amide bonds. The molecule has 0 aliphatic heterocycles. The van der Waals surface area contributed by atoms with Crippen LogP contribution in [0.3, 0.4) is 0 Å². The minimum absolute atomic E-state index is 0. The van der Waals surface area contributed by atoms with Gasteiger partial charge >= 0.3 is 0 Å². The molecule has 275 valence electrons. The first kappa shape index (κ1) is 40.0. The Kier molecular flexibility index (Phi) is 12.1. The van der Waals surface area contributed by atoms with E-state index in [9.17, 15) is 0 Å². The van der Waals surface area contributed by atoms with Gasteiger partial charge in [-0.1, -0.05) is 134 Å². The van der Waals surface area contributed by atoms with Gasteiger partial charge in [-0.05, 0) is 100.0 Å². The summed E-state index contributed by atoms with van der Waals surface area (Å²) in [6.45, 7) is 23.1. The number of benzene rings is 4. The van der Waals surface area contributed by atoms with Crippen LogP contribution in [0.25, 0.3) is 55.6 Å². The monoisotopic (exact) mass is 895 g/mol. The average Bonchev–Trinajstić information content (AvgIpc) is 3.47. The van der Waals surface area contributed by atoms with Gasteiger partial charge in [-0.15, -0.1) is 0 Å². The molecule has 0 spiro atoms. The van der Waals surface area contributed by atoms with Crippen LogP contribution in [0.1, 0.15) is 58.2 Å². The molecule has 0 saturated heterocycles.